The van der Waals surface area contributed by atoms with E-state index >= 15 is 0 Å². The summed E-state index contributed by atoms with van der Waals surface area (Å²) in [5, 5.41) is 0. The summed E-state index contributed by atoms with van der Waals surface area (Å²) in [5.74, 6) is 0.391. The molecule has 0 spiro atoms. The lowest BCUT2D eigenvalue weighted by Gasteiger charge is -2.31. The molecule has 27 heavy (non-hydrogen) atoms. The van der Waals surface area contributed by atoms with Gasteiger partial charge in [-0.15, -0.1) is 0 Å². The maximum absolute atomic E-state index is 12.6. The standard InChI is InChI=1S/C22H27N3O2/c26-21(17-6-2-1-3-7-17)18-10-12-24(13-11-18)14-15-25-16-23-20-9-5-4-8-19(20)22(25)27/h1-3,6-7,16,18H,4-5,8-15H2. The molecule has 0 saturated carbocycles. The van der Waals surface area contributed by atoms with Crippen molar-refractivity contribution in [2.75, 3.05) is 19.6 Å². The predicted molar refractivity (Wildman–Crippen MR) is 105 cm³/mol. The minimum absolute atomic E-state index is 0.122. The molecule has 5 heteroatoms. The van der Waals surface area contributed by atoms with Crippen LogP contribution in [0.2, 0.25) is 0 Å². The highest BCUT2D eigenvalue weighted by Gasteiger charge is 2.25. The molecule has 2 heterocycles. The van der Waals surface area contributed by atoms with Gasteiger partial charge in [0.15, 0.2) is 5.78 Å². The van der Waals surface area contributed by atoms with Gasteiger partial charge >= 0.3 is 0 Å². The number of ketones is 1. The topological polar surface area (TPSA) is 55.2 Å². The number of carbonyl (C=O) groups is 1. The Morgan fingerprint density at radius 2 is 1.78 bits per heavy atom. The van der Waals surface area contributed by atoms with Crippen LogP contribution < -0.4 is 5.56 Å². The molecule has 1 aliphatic heterocycles. The van der Waals surface area contributed by atoms with E-state index in [1.165, 1.54) is 0 Å². The van der Waals surface area contributed by atoms with Crippen LogP contribution in [-0.4, -0.2) is 39.9 Å². The van der Waals surface area contributed by atoms with Crippen LogP contribution in [0.4, 0.5) is 0 Å². The van der Waals surface area contributed by atoms with Crippen molar-refractivity contribution in [2.24, 2.45) is 5.92 Å². The fourth-order valence-corrected chi connectivity index (χ4v) is 4.29. The largest absolute Gasteiger partial charge is 0.302 e. The van der Waals surface area contributed by atoms with E-state index in [1.54, 1.807) is 10.9 Å². The number of Topliss-reactive ketones (excluding diaryl/α,β-unsaturated/α-hetero) is 1. The Bertz CT molecular complexity index is 852. The van der Waals surface area contributed by atoms with Gasteiger partial charge in [0.2, 0.25) is 0 Å². The third-order valence-corrected chi connectivity index (χ3v) is 5.98. The Balaban J connectivity index is 1.31. The number of nitrogens with zero attached hydrogens (tertiary/aromatic N) is 3. The number of rotatable bonds is 5. The molecule has 1 aromatic heterocycles. The van der Waals surface area contributed by atoms with Gasteiger partial charge in [-0.25, -0.2) is 4.98 Å². The summed E-state index contributed by atoms with van der Waals surface area (Å²) in [4.78, 5) is 32.1. The second-order valence-electron chi connectivity index (χ2n) is 7.72. The molecular formula is C22H27N3O2. The van der Waals surface area contributed by atoms with Gasteiger partial charge in [0, 0.05) is 30.1 Å². The number of likely N-dealkylation sites (tertiary alicyclic amines) is 1. The Morgan fingerprint density at radius 1 is 1.04 bits per heavy atom. The minimum atomic E-state index is 0.122. The van der Waals surface area contributed by atoms with Gasteiger partial charge in [0.25, 0.3) is 5.56 Å². The fourth-order valence-electron chi connectivity index (χ4n) is 4.29. The Hall–Kier alpha value is -2.27. The van der Waals surface area contributed by atoms with Crippen molar-refractivity contribution in [2.45, 2.75) is 45.1 Å². The first kappa shape index (κ1) is 18.1. The van der Waals surface area contributed by atoms with Gasteiger partial charge in [-0.3, -0.25) is 14.2 Å². The zero-order valence-corrected chi connectivity index (χ0v) is 15.8. The van der Waals surface area contributed by atoms with Crippen LogP contribution in [0.3, 0.4) is 0 Å². The van der Waals surface area contributed by atoms with Crippen molar-refractivity contribution in [1.29, 1.82) is 0 Å². The zero-order valence-electron chi connectivity index (χ0n) is 15.8. The number of hydrogen-bond donors (Lipinski definition) is 0. The highest BCUT2D eigenvalue weighted by molar-refractivity contribution is 5.97. The van der Waals surface area contributed by atoms with Crippen LogP contribution in [0.15, 0.2) is 41.5 Å². The van der Waals surface area contributed by atoms with Gasteiger partial charge in [-0.1, -0.05) is 30.3 Å². The van der Waals surface area contributed by atoms with Crippen molar-refractivity contribution < 1.29 is 4.79 Å². The number of aromatic nitrogens is 2. The van der Waals surface area contributed by atoms with Crippen molar-refractivity contribution in [1.82, 2.24) is 14.5 Å². The number of carbonyl (C=O) groups excluding carboxylic acids is 1. The number of fused-ring (bicyclic) bond motifs is 1. The number of hydrogen-bond acceptors (Lipinski definition) is 4. The summed E-state index contributed by atoms with van der Waals surface area (Å²) in [6.07, 6.45) is 7.55. The van der Waals surface area contributed by atoms with Crippen LogP contribution >= 0.6 is 0 Å². The average Bonchev–Trinajstić information content (AvgIpc) is 2.74. The van der Waals surface area contributed by atoms with Gasteiger partial charge in [-0.05, 0) is 51.6 Å². The average molecular weight is 365 g/mol. The highest BCUT2D eigenvalue weighted by Crippen LogP contribution is 2.22. The molecule has 2 aromatic rings. The zero-order chi connectivity index (χ0) is 18.6. The summed E-state index contributed by atoms with van der Waals surface area (Å²) in [6, 6.07) is 9.60. The highest BCUT2D eigenvalue weighted by atomic mass is 16.1. The summed E-state index contributed by atoms with van der Waals surface area (Å²) in [6.45, 7) is 3.34. The van der Waals surface area contributed by atoms with Crippen molar-refractivity contribution in [3.63, 3.8) is 0 Å². The molecule has 1 aliphatic carbocycles. The van der Waals surface area contributed by atoms with Gasteiger partial charge < -0.3 is 4.90 Å². The minimum Gasteiger partial charge on any atom is -0.302 e. The molecule has 1 saturated heterocycles. The number of benzene rings is 1. The normalized spacial score (nSPS) is 18.2. The van der Waals surface area contributed by atoms with Crippen LogP contribution in [0, 0.1) is 5.92 Å². The molecule has 4 rings (SSSR count). The second kappa shape index (κ2) is 8.17. The van der Waals surface area contributed by atoms with Gasteiger partial charge in [0.1, 0.15) is 0 Å². The first-order valence-electron chi connectivity index (χ1n) is 10.1. The number of aryl methyl sites for hydroxylation is 1. The Kier molecular flexibility index (Phi) is 5.48. The molecule has 2 aliphatic rings. The lowest BCUT2D eigenvalue weighted by molar-refractivity contribution is 0.0837. The second-order valence-corrected chi connectivity index (χ2v) is 7.72. The molecule has 0 N–H and O–H groups in total. The fraction of sp³-hybridized carbons (Fsp3) is 0.500. The molecule has 5 nitrogen and oxygen atoms in total. The maximum Gasteiger partial charge on any atom is 0.256 e. The predicted octanol–water partition coefficient (Wildman–Crippen LogP) is 2.72. The molecule has 0 radical (unpaired) electrons. The molecule has 1 fully saturated rings. The van der Waals surface area contributed by atoms with Crippen LogP contribution in [0.5, 0.6) is 0 Å². The summed E-state index contributed by atoms with van der Waals surface area (Å²) < 4.78 is 1.77. The first-order chi connectivity index (χ1) is 13.2. The molecular weight excluding hydrogens is 338 g/mol. The smallest absolute Gasteiger partial charge is 0.256 e. The van der Waals surface area contributed by atoms with E-state index in [1.807, 2.05) is 30.3 Å². The summed E-state index contributed by atoms with van der Waals surface area (Å²) >= 11 is 0. The third kappa shape index (κ3) is 4.03. The lowest BCUT2D eigenvalue weighted by atomic mass is 9.89. The molecule has 0 bridgehead atoms. The SMILES string of the molecule is O=C(c1ccccc1)C1CCN(CCn2cnc3c(c2=O)CCCC3)CC1. The molecule has 0 unspecified atom stereocenters. The van der Waals surface area contributed by atoms with E-state index < -0.39 is 0 Å². The first-order valence-corrected chi connectivity index (χ1v) is 10.1. The number of piperidine rings is 1. The van der Waals surface area contributed by atoms with Crippen LogP contribution in [0.25, 0.3) is 0 Å². The van der Waals surface area contributed by atoms with Gasteiger partial charge in [0.05, 0.1) is 12.0 Å². The van der Waals surface area contributed by atoms with E-state index in [4.69, 9.17) is 0 Å². The van der Waals surface area contributed by atoms with Crippen LogP contribution in [0.1, 0.15) is 47.3 Å². The van der Waals surface area contributed by atoms with Crippen molar-refractivity contribution in [3.8, 4) is 0 Å². The van der Waals surface area contributed by atoms with Crippen molar-refractivity contribution in [3.05, 3.63) is 63.8 Å². The van der Waals surface area contributed by atoms with Gasteiger partial charge in [-0.2, -0.15) is 0 Å². The van der Waals surface area contributed by atoms with E-state index in [-0.39, 0.29) is 17.3 Å². The maximum atomic E-state index is 12.6. The summed E-state index contributed by atoms with van der Waals surface area (Å²) in [5.41, 5.74) is 2.90. The van der Waals surface area contributed by atoms with Crippen molar-refractivity contribution >= 4 is 5.78 Å². The Labute approximate surface area is 160 Å². The van der Waals surface area contributed by atoms with E-state index in [0.29, 0.717) is 6.54 Å². The lowest BCUT2D eigenvalue weighted by Crippen LogP contribution is -2.39. The third-order valence-electron chi connectivity index (χ3n) is 5.98. The molecule has 0 atom stereocenters. The molecule has 0 amide bonds. The van der Waals surface area contributed by atoms with E-state index in [0.717, 1.165) is 75.0 Å². The van der Waals surface area contributed by atoms with E-state index in [9.17, 15) is 9.59 Å². The van der Waals surface area contributed by atoms with Crippen LogP contribution in [-0.2, 0) is 19.4 Å². The van der Waals surface area contributed by atoms with E-state index in [2.05, 4.69) is 9.88 Å². The summed E-state index contributed by atoms with van der Waals surface area (Å²) in [7, 11) is 0. The molecule has 142 valence electrons. The monoisotopic (exact) mass is 365 g/mol. The molecule has 1 aromatic carbocycles. The quantitative estimate of drug-likeness (QED) is 0.765. The Morgan fingerprint density at radius 3 is 2.56 bits per heavy atom.